The highest BCUT2D eigenvalue weighted by Crippen LogP contribution is 2.17. The molecule has 5 nitrogen and oxygen atoms in total. The molecular formula is C20H19NO4. The third-order valence-corrected chi connectivity index (χ3v) is 3.36. The van der Waals surface area contributed by atoms with E-state index in [2.05, 4.69) is 6.07 Å². The van der Waals surface area contributed by atoms with Crippen molar-refractivity contribution in [2.75, 3.05) is 13.2 Å². The third-order valence-electron chi connectivity index (χ3n) is 3.36. The van der Waals surface area contributed by atoms with Crippen LogP contribution in [0.4, 0.5) is 0 Å². The number of nitrogens with zero attached hydrogens (tertiary/aromatic N) is 1. The van der Waals surface area contributed by atoms with Gasteiger partial charge in [0.1, 0.15) is 36.4 Å². The van der Waals surface area contributed by atoms with Gasteiger partial charge in [-0.1, -0.05) is 18.2 Å². The average molecular weight is 337 g/mol. The highest BCUT2D eigenvalue weighted by atomic mass is 16.5. The molecule has 0 amide bonds. The molecule has 2 rings (SSSR count). The van der Waals surface area contributed by atoms with Crippen LogP contribution in [0, 0.1) is 25.2 Å². The van der Waals surface area contributed by atoms with E-state index in [4.69, 9.17) is 19.8 Å². The van der Waals surface area contributed by atoms with Gasteiger partial charge in [0.2, 0.25) is 0 Å². The van der Waals surface area contributed by atoms with Gasteiger partial charge in [-0.3, -0.25) is 0 Å². The van der Waals surface area contributed by atoms with E-state index in [9.17, 15) is 4.79 Å². The van der Waals surface area contributed by atoms with Crippen LogP contribution in [0.3, 0.4) is 0 Å². The van der Waals surface area contributed by atoms with E-state index >= 15 is 0 Å². The molecule has 5 heteroatoms. The molecule has 25 heavy (non-hydrogen) atoms. The molecule has 0 radical (unpaired) electrons. The lowest BCUT2D eigenvalue weighted by Crippen LogP contribution is -2.09. The largest absolute Gasteiger partial charge is 0.490 e. The van der Waals surface area contributed by atoms with Gasteiger partial charge in [0, 0.05) is 0 Å². The summed E-state index contributed by atoms with van der Waals surface area (Å²) in [5, 5.41) is 17.6. The van der Waals surface area contributed by atoms with E-state index in [1.807, 2.05) is 26.0 Å². The fourth-order valence-electron chi connectivity index (χ4n) is 2.30. The lowest BCUT2D eigenvalue weighted by Gasteiger charge is -2.10. The first kappa shape index (κ1) is 18.1. The van der Waals surface area contributed by atoms with Gasteiger partial charge in [-0.15, -0.1) is 0 Å². The van der Waals surface area contributed by atoms with Crippen LogP contribution < -0.4 is 9.47 Å². The Morgan fingerprint density at radius 2 is 1.60 bits per heavy atom. The lowest BCUT2D eigenvalue weighted by molar-refractivity contribution is -0.132. The monoisotopic (exact) mass is 337 g/mol. The topological polar surface area (TPSA) is 79.5 Å². The summed E-state index contributed by atoms with van der Waals surface area (Å²) in [6.45, 7) is 4.85. The van der Waals surface area contributed by atoms with Crippen LogP contribution in [0.15, 0.2) is 48.0 Å². The van der Waals surface area contributed by atoms with Crippen molar-refractivity contribution in [3.63, 3.8) is 0 Å². The first-order chi connectivity index (χ1) is 12.0. The number of benzene rings is 2. The molecule has 0 fully saturated rings. The van der Waals surface area contributed by atoms with Crippen LogP contribution in [0.25, 0.3) is 6.08 Å². The van der Waals surface area contributed by atoms with Gasteiger partial charge in [-0.25, -0.2) is 4.79 Å². The fraction of sp³-hybridized carbons (Fsp3) is 0.200. The molecule has 0 heterocycles. The maximum absolute atomic E-state index is 10.8. The number of nitriles is 1. The zero-order valence-corrected chi connectivity index (χ0v) is 14.2. The molecule has 0 saturated carbocycles. The van der Waals surface area contributed by atoms with E-state index in [1.165, 1.54) is 6.08 Å². The molecule has 0 atom stereocenters. The maximum Gasteiger partial charge on any atom is 0.346 e. The number of hydrogen-bond acceptors (Lipinski definition) is 4. The smallest absolute Gasteiger partial charge is 0.346 e. The fourth-order valence-corrected chi connectivity index (χ4v) is 2.30. The minimum absolute atomic E-state index is 0.310. The van der Waals surface area contributed by atoms with E-state index in [0.29, 0.717) is 24.5 Å². The van der Waals surface area contributed by atoms with Crippen molar-refractivity contribution in [3.05, 3.63) is 64.7 Å². The van der Waals surface area contributed by atoms with Gasteiger partial charge >= 0.3 is 5.97 Å². The lowest BCUT2D eigenvalue weighted by atomic mass is 10.1. The van der Waals surface area contributed by atoms with Gasteiger partial charge in [-0.2, -0.15) is 5.26 Å². The minimum atomic E-state index is -1.24. The van der Waals surface area contributed by atoms with Crippen molar-refractivity contribution in [2.24, 2.45) is 0 Å². The molecular weight excluding hydrogens is 318 g/mol. The number of carboxylic acids is 1. The van der Waals surface area contributed by atoms with Crippen LogP contribution in [0.5, 0.6) is 11.5 Å². The van der Waals surface area contributed by atoms with Gasteiger partial charge in [-0.05, 0) is 60.9 Å². The zero-order valence-electron chi connectivity index (χ0n) is 14.2. The molecule has 1 N–H and O–H groups in total. The molecule has 0 aliphatic heterocycles. The first-order valence-electron chi connectivity index (χ1n) is 7.77. The maximum atomic E-state index is 10.8. The summed E-state index contributed by atoms with van der Waals surface area (Å²) in [7, 11) is 0. The second-order valence-electron chi connectivity index (χ2n) is 5.56. The number of rotatable bonds is 7. The van der Waals surface area contributed by atoms with Crippen molar-refractivity contribution in [1.29, 1.82) is 5.26 Å². The molecule has 0 aliphatic rings. The number of hydrogen-bond donors (Lipinski definition) is 1. The quantitative estimate of drug-likeness (QED) is 0.473. The minimum Gasteiger partial charge on any atom is -0.490 e. The Kier molecular flexibility index (Phi) is 6.19. The number of carboxylic acid groups (broad SMARTS) is 1. The van der Waals surface area contributed by atoms with E-state index in [1.54, 1.807) is 30.3 Å². The van der Waals surface area contributed by atoms with E-state index in [0.717, 1.165) is 16.9 Å². The van der Waals surface area contributed by atoms with Crippen molar-refractivity contribution in [1.82, 2.24) is 0 Å². The van der Waals surface area contributed by atoms with Crippen molar-refractivity contribution >= 4 is 12.0 Å². The van der Waals surface area contributed by atoms with Crippen LogP contribution in [-0.2, 0) is 4.79 Å². The normalized spacial score (nSPS) is 10.8. The summed E-state index contributed by atoms with van der Waals surface area (Å²) in [6.07, 6.45) is 1.31. The second-order valence-corrected chi connectivity index (χ2v) is 5.56. The summed E-state index contributed by atoms with van der Waals surface area (Å²) in [6, 6.07) is 14.5. The molecule has 2 aromatic carbocycles. The van der Waals surface area contributed by atoms with Gasteiger partial charge < -0.3 is 14.6 Å². The highest BCUT2D eigenvalue weighted by Gasteiger charge is 2.05. The number of carbonyl (C=O) groups is 1. The standard InChI is InChI=1S/C20H19NO4/c1-14-9-15(2)11-19(10-14)25-8-7-24-18-5-3-16(4-6-18)12-17(13-21)20(22)23/h3-6,9-12H,7-8H2,1-2H3,(H,22,23). The van der Waals surface area contributed by atoms with Crippen LogP contribution >= 0.6 is 0 Å². The Balaban J connectivity index is 1.86. The van der Waals surface area contributed by atoms with Gasteiger partial charge in [0.05, 0.1) is 0 Å². The Labute approximate surface area is 146 Å². The molecule has 0 aromatic heterocycles. The zero-order chi connectivity index (χ0) is 18.2. The van der Waals surface area contributed by atoms with Gasteiger partial charge in [0.15, 0.2) is 0 Å². The van der Waals surface area contributed by atoms with E-state index < -0.39 is 5.97 Å². The third kappa shape index (κ3) is 5.70. The summed E-state index contributed by atoms with van der Waals surface area (Å²) in [4.78, 5) is 10.8. The predicted octanol–water partition coefficient (Wildman–Crippen LogP) is 3.75. The summed E-state index contributed by atoms with van der Waals surface area (Å²) in [5.74, 6) is 0.223. The number of ether oxygens (including phenoxy) is 2. The molecule has 0 bridgehead atoms. The average Bonchev–Trinajstić information content (AvgIpc) is 2.56. The van der Waals surface area contributed by atoms with E-state index in [-0.39, 0.29) is 5.57 Å². The molecule has 0 unspecified atom stereocenters. The highest BCUT2D eigenvalue weighted by molar-refractivity contribution is 5.96. The number of aryl methyl sites for hydroxylation is 2. The Morgan fingerprint density at radius 1 is 1.04 bits per heavy atom. The van der Waals surface area contributed by atoms with Crippen molar-refractivity contribution < 1.29 is 19.4 Å². The summed E-state index contributed by atoms with van der Waals surface area (Å²) < 4.78 is 11.3. The molecule has 0 spiro atoms. The Hall–Kier alpha value is -3.26. The Morgan fingerprint density at radius 3 is 2.12 bits per heavy atom. The summed E-state index contributed by atoms with van der Waals surface area (Å²) in [5.41, 5.74) is 2.61. The second kappa shape index (κ2) is 8.55. The molecule has 0 aliphatic carbocycles. The first-order valence-corrected chi connectivity index (χ1v) is 7.77. The van der Waals surface area contributed by atoms with Gasteiger partial charge in [0.25, 0.3) is 0 Å². The van der Waals surface area contributed by atoms with Crippen LogP contribution in [0.2, 0.25) is 0 Å². The predicted molar refractivity (Wildman–Crippen MR) is 94.6 cm³/mol. The molecule has 128 valence electrons. The van der Waals surface area contributed by atoms with Crippen LogP contribution in [0.1, 0.15) is 16.7 Å². The van der Waals surface area contributed by atoms with Crippen molar-refractivity contribution in [2.45, 2.75) is 13.8 Å². The van der Waals surface area contributed by atoms with Crippen molar-refractivity contribution in [3.8, 4) is 17.6 Å². The van der Waals surface area contributed by atoms with Crippen LogP contribution in [-0.4, -0.2) is 24.3 Å². The Bertz CT molecular complexity index is 796. The number of aliphatic carboxylic acids is 1. The summed E-state index contributed by atoms with van der Waals surface area (Å²) >= 11 is 0. The molecule has 0 saturated heterocycles. The SMILES string of the molecule is Cc1cc(C)cc(OCCOc2ccc(C=C(C#N)C(=O)O)cc2)c1. The molecule has 2 aromatic rings.